The van der Waals surface area contributed by atoms with Gasteiger partial charge in [0.2, 0.25) is 5.95 Å². The first kappa shape index (κ1) is 11.7. The lowest BCUT2D eigenvalue weighted by Gasteiger charge is -2.10. The number of hydrogen-bond acceptors (Lipinski definition) is 5. The first-order valence-corrected chi connectivity index (χ1v) is 6.01. The molecule has 1 aromatic heterocycles. The summed E-state index contributed by atoms with van der Waals surface area (Å²) < 4.78 is 0. The third kappa shape index (κ3) is 2.88. The highest BCUT2D eigenvalue weighted by atomic mass is 32.2. The van der Waals surface area contributed by atoms with E-state index in [9.17, 15) is 0 Å². The number of nitrogens with two attached hydrogens (primary N) is 1. The maximum atomic E-state index is 5.89. The number of anilines is 2. The zero-order valence-corrected chi connectivity index (χ0v) is 10.6. The van der Waals surface area contributed by atoms with Gasteiger partial charge in [0, 0.05) is 30.9 Å². The van der Waals surface area contributed by atoms with E-state index in [-0.39, 0.29) is 0 Å². The highest BCUT2D eigenvalue weighted by molar-refractivity contribution is 7.99. The lowest BCUT2D eigenvalue weighted by molar-refractivity contribution is 0.950. The molecule has 0 aliphatic carbocycles. The Morgan fingerprint density at radius 3 is 2.65 bits per heavy atom. The van der Waals surface area contributed by atoms with E-state index in [2.05, 4.69) is 9.97 Å². The van der Waals surface area contributed by atoms with Crippen molar-refractivity contribution < 1.29 is 0 Å². The van der Waals surface area contributed by atoms with Gasteiger partial charge in [-0.2, -0.15) is 0 Å². The lowest BCUT2D eigenvalue weighted by Crippen LogP contribution is -2.12. The van der Waals surface area contributed by atoms with E-state index in [1.54, 1.807) is 18.0 Å². The zero-order valence-electron chi connectivity index (χ0n) is 9.79. The summed E-state index contributed by atoms with van der Waals surface area (Å²) in [4.78, 5) is 11.5. The average Bonchev–Trinajstić information content (AvgIpc) is 2.32. The molecule has 0 aliphatic rings. The van der Waals surface area contributed by atoms with Crippen molar-refractivity contribution in [2.45, 2.75) is 9.92 Å². The number of benzene rings is 1. The molecule has 0 spiro atoms. The number of nitrogen functional groups attached to an aromatic ring is 1. The van der Waals surface area contributed by atoms with Crippen molar-refractivity contribution >= 4 is 23.4 Å². The molecule has 5 heteroatoms. The van der Waals surface area contributed by atoms with Gasteiger partial charge in [-0.25, -0.2) is 9.97 Å². The van der Waals surface area contributed by atoms with Crippen LogP contribution < -0.4 is 10.6 Å². The highest BCUT2D eigenvalue weighted by Gasteiger charge is 2.04. The molecule has 1 aromatic carbocycles. The topological polar surface area (TPSA) is 55.0 Å². The molecule has 0 fully saturated rings. The van der Waals surface area contributed by atoms with Gasteiger partial charge in [-0.1, -0.05) is 23.9 Å². The number of hydrogen-bond donors (Lipinski definition) is 1. The molecule has 2 aromatic rings. The number of para-hydroxylation sites is 1. The third-order valence-corrected chi connectivity index (χ3v) is 3.18. The summed E-state index contributed by atoms with van der Waals surface area (Å²) in [6.07, 6.45) is 1.75. The van der Waals surface area contributed by atoms with Gasteiger partial charge in [-0.15, -0.1) is 0 Å². The van der Waals surface area contributed by atoms with Gasteiger partial charge >= 0.3 is 0 Å². The quantitative estimate of drug-likeness (QED) is 0.665. The maximum Gasteiger partial charge on any atom is 0.225 e. The molecule has 1 heterocycles. The second-order valence-electron chi connectivity index (χ2n) is 3.73. The molecule has 0 amide bonds. The zero-order chi connectivity index (χ0) is 12.3. The predicted octanol–water partition coefficient (Wildman–Crippen LogP) is 2.28. The summed E-state index contributed by atoms with van der Waals surface area (Å²) in [6, 6.07) is 9.63. The first-order chi connectivity index (χ1) is 8.16. The van der Waals surface area contributed by atoms with E-state index < -0.39 is 0 Å². The van der Waals surface area contributed by atoms with Crippen LogP contribution in [0.1, 0.15) is 0 Å². The van der Waals surface area contributed by atoms with Crippen molar-refractivity contribution in [2.24, 2.45) is 0 Å². The van der Waals surface area contributed by atoms with Crippen LogP contribution in [0, 0.1) is 0 Å². The Labute approximate surface area is 105 Å². The van der Waals surface area contributed by atoms with Crippen LogP contribution in [0.4, 0.5) is 11.6 Å². The number of rotatable bonds is 3. The maximum absolute atomic E-state index is 5.89. The molecule has 2 N–H and O–H groups in total. The average molecular weight is 246 g/mol. The number of aromatic nitrogens is 2. The van der Waals surface area contributed by atoms with Gasteiger partial charge in [0.1, 0.15) is 5.03 Å². The third-order valence-electron chi connectivity index (χ3n) is 2.15. The van der Waals surface area contributed by atoms with Gasteiger partial charge in [0.25, 0.3) is 0 Å². The van der Waals surface area contributed by atoms with Crippen molar-refractivity contribution in [1.82, 2.24) is 9.97 Å². The Hall–Kier alpha value is -1.75. The molecule has 4 nitrogen and oxygen atoms in total. The van der Waals surface area contributed by atoms with Crippen molar-refractivity contribution in [3.63, 3.8) is 0 Å². The van der Waals surface area contributed by atoms with Gasteiger partial charge in [-0.3, -0.25) is 0 Å². The summed E-state index contributed by atoms with van der Waals surface area (Å²) in [7, 11) is 3.83. The minimum atomic E-state index is 0.699. The van der Waals surface area contributed by atoms with Gasteiger partial charge < -0.3 is 10.6 Å². The fourth-order valence-corrected chi connectivity index (χ4v) is 2.10. The standard InChI is InChI=1S/C12H14N4S/c1-16(2)12-14-8-7-11(15-12)17-10-6-4-3-5-9(10)13/h3-8H,13H2,1-2H3. The summed E-state index contributed by atoms with van der Waals surface area (Å²) >= 11 is 1.54. The van der Waals surface area contributed by atoms with Gasteiger partial charge in [0.05, 0.1) is 0 Å². The molecule has 17 heavy (non-hydrogen) atoms. The van der Waals surface area contributed by atoms with Crippen molar-refractivity contribution in [1.29, 1.82) is 0 Å². The van der Waals surface area contributed by atoms with E-state index in [1.165, 1.54) is 0 Å². The Balaban J connectivity index is 2.25. The van der Waals surface area contributed by atoms with Crippen LogP contribution in [0.5, 0.6) is 0 Å². The van der Waals surface area contributed by atoms with Crippen LogP contribution in [0.2, 0.25) is 0 Å². The Morgan fingerprint density at radius 2 is 1.94 bits per heavy atom. The molecule has 88 valence electrons. The SMILES string of the molecule is CN(C)c1nccc(Sc2ccccc2N)n1. The normalized spacial score (nSPS) is 10.2. The summed E-state index contributed by atoms with van der Waals surface area (Å²) in [5.41, 5.74) is 6.66. The molecule has 0 saturated heterocycles. The van der Waals surface area contributed by atoms with E-state index in [0.29, 0.717) is 5.95 Å². The van der Waals surface area contributed by atoms with E-state index in [0.717, 1.165) is 15.6 Å². The monoisotopic (exact) mass is 246 g/mol. The van der Waals surface area contributed by atoms with Crippen LogP contribution in [0.3, 0.4) is 0 Å². The highest BCUT2D eigenvalue weighted by Crippen LogP contribution is 2.30. The summed E-state index contributed by atoms with van der Waals surface area (Å²) in [6.45, 7) is 0. The minimum absolute atomic E-state index is 0.699. The van der Waals surface area contributed by atoms with Crippen LogP contribution in [0.25, 0.3) is 0 Å². The van der Waals surface area contributed by atoms with Crippen LogP contribution >= 0.6 is 11.8 Å². The van der Waals surface area contributed by atoms with Crippen LogP contribution in [-0.4, -0.2) is 24.1 Å². The van der Waals surface area contributed by atoms with E-state index in [1.807, 2.05) is 49.3 Å². The van der Waals surface area contributed by atoms with Crippen LogP contribution in [-0.2, 0) is 0 Å². The molecule has 2 rings (SSSR count). The second kappa shape index (κ2) is 5.05. The summed E-state index contributed by atoms with van der Waals surface area (Å²) in [5, 5.41) is 0.890. The van der Waals surface area contributed by atoms with Gasteiger partial charge in [0.15, 0.2) is 0 Å². The molecular weight excluding hydrogens is 232 g/mol. The van der Waals surface area contributed by atoms with E-state index >= 15 is 0 Å². The second-order valence-corrected chi connectivity index (χ2v) is 4.79. The smallest absolute Gasteiger partial charge is 0.225 e. The van der Waals surface area contributed by atoms with Crippen molar-refractivity contribution in [3.8, 4) is 0 Å². The molecule has 0 saturated carbocycles. The fourth-order valence-electron chi connectivity index (χ4n) is 1.29. The summed E-state index contributed by atoms with van der Waals surface area (Å²) in [5.74, 6) is 0.699. The molecule has 0 unspecified atom stereocenters. The molecule has 0 bridgehead atoms. The predicted molar refractivity (Wildman–Crippen MR) is 71.3 cm³/mol. The largest absolute Gasteiger partial charge is 0.398 e. The fraction of sp³-hybridized carbons (Fsp3) is 0.167. The van der Waals surface area contributed by atoms with Crippen molar-refractivity contribution in [2.75, 3.05) is 24.7 Å². The molecule has 0 aliphatic heterocycles. The van der Waals surface area contributed by atoms with E-state index in [4.69, 9.17) is 5.73 Å². The molecule has 0 atom stereocenters. The van der Waals surface area contributed by atoms with Crippen molar-refractivity contribution in [3.05, 3.63) is 36.5 Å². The first-order valence-electron chi connectivity index (χ1n) is 5.19. The Morgan fingerprint density at radius 1 is 1.18 bits per heavy atom. The van der Waals surface area contributed by atoms with Crippen LogP contribution in [0.15, 0.2) is 46.5 Å². The number of nitrogens with zero attached hydrogens (tertiary/aromatic N) is 3. The Bertz CT molecular complexity index is 513. The molecular formula is C12H14N4S. The molecule has 0 radical (unpaired) electrons. The minimum Gasteiger partial charge on any atom is -0.398 e. The van der Waals surface area contributed by atoms with Gasteiger partial charge in [-0.05, 0) is 18.2 Å². The Kier molecular flexibility index (Phi) is 3.49. The lowest BCUT2D eigenvalue weighted by atomic mass is 10.3.